The number of carbonyl (C=O) groups excluding carboxylic acids is 2. The summed E-state index contributed by atoms with van der Waals surface area (Å²) in [6.45, 7) is 2.29. The minimum Gasteiger partial charge on any atom is -0.493 e. The molecule has 1 aromatic carbocycles. The van der Waals surface area contributed by atoms with Gasteiger partial charge in [0.15, 0.2) is 5.76 Å². The first kappa shape index (κ1) is 13.9. The number of hydrogen-bond donors (Lipinski definition) is 0. The first-order valence-corrected chi connectivity index (χ1v) is 6.12. The topological polar surface area (TPSA) is 65.7 Å². The molecule has 0 fully saturated rings. The number of furan rings is 1. The zero-order valence-electron chi connectivity index (χ0n) is 11.2. The van der Waals surface area contributed by atoms with Crippen LogP contribution in [0, 0.1) is 0 Å². The summed E-state index contributed by atoms with van der Waals surface area (Å²) in [6, 6.07) is 9.72. The maximum atomic E-state index is 12.3. The van der Waals surface area contributed by atoms with E-state index in [0.29, 0.717) is 17.9 Å². The molecule has 1 aromatic heterocycles. The summed E-state index contributed by atoms with van der Waals surface area (Å²) in [6.07, 6.45) is 0. The number of ether oxygens (including phenoxy) is 2. The van der Waals surface area contributed by atoms with Crippen molar-refractivity contribution in [3.05, 3.63) is 53.5 Å². The van der Waals surface area contributed by atoms with E-state index in [1.807, 2.05) is 6.92 Å². The highest BCUT2D eigenvalue weighted by atomic mass is 16.5. The molecule has 2 rings (SSSR count). The highest BCUT2D eigenvalue weighted by Gasteiger charge is 2.20. The van der Waals surface area contributed by atoms with E-state index in [2.05, 4.69) is 4.74 Å². The molecule has 0 bridgehead atoms. The molecule has 5 nitrogen and oxygen atoms in total. The van der Waals surface area contributed by atoms with Gasteiger partial charge >= 0.3 is 5.97 Å². The monoisotopic (exact) mass is 274 g/mol. The fraction of sp³-hybridized carbons (Fsp3) is 0.200. The summed E-state index contributed by atoms with van der Waals surface area (Å²) in [5.74, 6) is -0.426. The van der Waals surface area contributed by atoms with E-state index in [1.54, 1.807) is 24.3 Å². The molecule has 0 aliphatic rings. The van der Waals surface area contributed by atoms with E-state index in [1.165, 1.54) is 19.2 Å². The van der Waals surface area contributed by atoms with Gasteiger partial charge in [-0.15, -0.1) is 0 Å². The van der Waals surface area contributed by atoms with Crippen molar-refractivity contribution in [1.82, 2.24) is 0 Å². The van der Waals surface area contributed by atoms with Crippen molar-refractivity contribution in [2.24, 2.45) is 0 Å². The summed E-state index contributed by atoms with van der Waals surface area (Å²) in [5, 5.41) is 0. The van der Waals surface area contributed by atoms with Crippen molar-refractivity contribution < 1.29 is 23.5 Å². The smallest absolute Gasteiger partial charge is 0.373 e. The summed E-state index contributed by atoms with van der Waals surface area (Å²) in [4.78, 5) is 23.6. The Hall–Kier alpha value is -2.56. The third-order valence-electron chi connectivity index (χ3n) is 2.65. The second-order valence-electron chi connectivity index (χ2n) is 3.91. The van der Waals surface area contributed by atoms with Gasteiger partial charge in [-0.2, -0.15) is 0 Å². The van der Waals surface area contributed by atoms with Crippen LogP contribution in [-0.4, -0.2) is 25.5 Å². The van der Waals surface area contributed by atoms with Gasteiger partial charge in [0.25, 0.3) is 0 Å². The number of carbonyl (C=O) groups is 2. The molecule has 0 unspecified atom stereocenters. The van der Waals surface area contributed by atoms with Crippen LogP contribution in [0.4, 0.5) is 0 Å². The van der Waals surface area contributed by atoms with Crippen LogP contribution in [0.5, 0.6) is 5.75 Å². The number of rotatable bonds is 5. The molecule has 0 N–H and O–H groups in total. The van der Waals surface area contributed by atoms with Crippen molar-refractivity contribution in [2.75, 3.05) is 13.7 Å². The van der Waals surface area contributed by atoms with Gasteiger partial charge in [-0.3, -0.25) is 4.79 Å². The van der Waals surface area contributed by atoms with Crippen LogP contribution >= 0.6 is 0 Å². The molecule has 0 saturated heterocycles. The van der Waals surface area contributed by atoms with Gasteiger partial charge in [-0.25, -0.2) is 4.79 Å². The number of hydrogen-bond acceptors (Lipinski definition) is 5. The number of esters is 1. The Balaban J connectivity index is 2.32. The fourth-order valence-corrected chi connectivity index (χ4v) is 1.74. The Morgan fingerprint density at radius 2 is 1.80 bits per heavy atom. The number of benzene rings is 1. The van der Waals surface area contributed by atoms with Gasteiger partial charge in [0, 0.05) is 0 Å². The third-order valence-corrected chi connectivity index (χ3v) is 2.65. The van der Waals surface area contributed by atoms with Crippen molar-refractivity contribution in [1.29, 1.82) is 0 Å². The zero-order chi connectivity index (χ0) is 14.5. The lowest BCUT2D eigenvalue weighted by molar-refractivity contribution is 0.0563. The Labute approximate surface area is 116 Å². The van der Waals surface area contributed by atoms with Crippen molar-refractivity contribution in [3.8, 4) is 5.75 Å². The predicted molar refractivity (Wildman–Crippen MR) is 71.1 cm³/mol. The van der Waals surface area contributed by atoms with E-state index in [9.17, 15) is 9.59 Å². The van der Waals surface area contributed by atoms with Gasteiger partial charge in [-0.05, 0) is 31.2 Å². The van der Waals surface area contributed by atoms with Gasteiger partial charge in [0.2, 0.25) is 11.5 Å². The first-order valence-electron chi connectivity index (χ1n) is 6.12. The largest absolute Gasteiger partial charge is 0.493 e. The second kappa shape index (κ2) is 6.06. The van der Waals surface area contributed by atoms with Crippen LogP contribution in [0.3, 0.4) is 0 Å². The van der Waals surface area contributed by atoms with Gasteiger partial charge in [0.05, 0.1) is 19.3 Å². The molecular weight excluding hydrogens is 260 g/mol. The maximum absolute atomic E-state index is 12.3. The molecule has 20 heavy (non-hydrogen) atoms. The van der Waals surface area contributed by atoms with Crippen LogP contribution in [0.25, 0.3) is 0 Å². The average Bonchev–Trinajstić information content (AvgIpc) is 2.96. The van der Waals surface area contributed by atoms with Crippen molar-refractivity contribution in [3.63, 3.8) is 0 Å². The van der Waals surface area contributed by atoms with E-state index in [0.717, 1.165) is 0 Å². The molecule has 0 aliphatic carbocycles. The van der Waals surface area contributed by atoms with Crippen LogP contribution in [-0.2, 0) is 4.74 Å². The molecule has 5 heteroatoms. The molecule has 0 radical (unpaired) electrons. The Morgan fingerprint density at radius 1 is 1.10 bits per heavy atom. The lowest BCUT2D eigenvalue weighted by Crippen LogP contribution is -2.04. The molecule has 0 aliphatic heterocycles. The van der Waals surface area contributed by atoms with Crippen LogP contribution in [0.15, 0.2) is 40.8 Å². The molecule has 2 aromatic rings. The summed E-state index contributed by atoms with van der Waals surface area (Å²) >= 11 is 0. The third kappa shape index (κ3) is 2.71. The number of para-hydroxylation sites is 1. The summed E-state index contributed by atoms with van der Waals surface area (Å²) < 4.78 is 15.1. The molecule has 0 spiro atoms. The number of methoxy groups -OCH3 is 1. The molecule has 0 atom stereocenters. The zero-order valence-corrected chi connectivity index (χ0v) is 11.2. The minimum atomic E-state index is -0.623. The lowest BCUT2D eigenvalue weighted by Gasteiger charge is -2.07. The molecule has 0 saturated carbocycles. The predicted octanol–water partition coefficient (Wildman–Crippen LogP) is 2.70. The van der Waals surface area contributed by atoms with Gasteiger partial charge in [0.1, 0.15) is 5.75 Å². The fourth-order valence-electron chi connectivity index (χ4n) is 1.74. The normalized spacial score (nSPS) is 10.1. The SMILES string of the molecule is CCOc1ccccc1C(=O)c1ccc(C(=O)OC)o1. The lowest BCUT2D eigenvalue weighted by atomic mass is 10.1. The summed E-state index contributed by atoms with van der Waals surface area (Å²) in [5.41, 5.74) is 0.389. The molecule has 0 amide bonds. The van der Waals surface area contributed by atoms with Gasteiger partial charge < -0.3 is 13.9 Å². The first-order chi connectivity index (χ1) is 9.67. The van der Waals surface area contributed by atoms with E-state index < -0.39 is 5.97 Å². The van der Waals surface area contributed by atoms with Crippen molar-refractivity contribution >= 4 is 11.8 Å². The van der Waals surface area contributed by atoms with Crippen LogP contribution in [0.2, 0.25) is 0 Å². The van der Waals surface area contributed by atoms with Crippen LogP contribution in [0.1, 0.15) is 33.6 Å². The second-order valence-corrected chi connectivity index (χ2v) is 3.91. The van der Waals surface area contributed by atoms with Crippen molar-refractivity contribution in [2.45, 2.75) is 6.92 Å². The summed E-state index contributed by atoms with van der Waals surface area (Å²) in [7, 11) is 1.25. The number of ketones is 1. The molecule has 1 heterocycles. The Kier molecular flexibility index (Phi) is 4.20. The highest BCUT2D eigenvalue weighted by molar-refractivity contribution is 6.09. The van der Waals surface area contributed by atoms with Crippen LogP contribution < -0.4 is 4.74 Å². The molecule has 104 valence electrons. The Bertz CT molecular complexity index is 627. The maximum Gasteiger partial charge on any atom is 0.373 e. The molecular formula is C15H14O5. The highest BCUT2D eigenvalue weighted by Crippen LogP contribution is 2.22. The Morgan fingerprint density at radius 3 is 2.50 bits per heavy atom. The quantitative estimate of drug-likeness (QED) is 0.619. The van der Waals surface area contributed by atoms with E-state index in [4.69, 9.17) is 9.15 Å². The van der Waals surface area contributed by atoms with E-state index in [-0.39, 0.29) is 17.3 Å². The average molecular weight is 274 g/mol. The standard InChI is InChI=1S/C15H14O5/c1-3-19-11-7-5-4-6-10(11)14(16)12-8-9-13(20-12)15(17)18-2/h4-9H,3H2,1-2H3. The van der Waals surface area contributed by atoms with Gasteiger partial charge in [-0.1, -0.05) is 12.1 Å². The minimum absolute atomic E-state index is 0.00950. The van der Waals surface area contributed by atoms with E-state index >= 15 is 0 Å².